The summed E-state index contributed by atoms with van der Waals surface area (Å²) in [5, 5.41) is 10.5. The molecule has 6 nitrogen and oxygen atoms in total. The Morgan fingerprint density at radius 3 is 2.43 bits per heavy atom. The monoisotopic (exact) mass is 518 g/mol. The molecule has 5 fully saturated rings. The average molecular weight is 519 g/mol. The van der Waals surface area contributed by atoms with E-state index in [1.807, 2.05) is 0 Å². The van der Waals surface area contributed by atoms with E-state index in [1.165, 1.54) is 26.7 Å². The number of fused-ring (bicyclic) bond motifs is 7. The Morgan fingerprint density at radius 1 is 1.00 bits per heavy atom. The van der Waals surface area contributed by atoms with Crippen molar-refractivity contribution in [1.29, 1.82) is 0 Å². The standard InChI is InChI=1S/C31H50O6/c1-17(16-35-19(3)32)7-8-26-18(2)29-28(37-26)15-24-22-14-27(36-20(4)33)25-13-21(34)9-11-30(25,5)23(22)10-12-31(24,29)6/h17-18,21-29,34H,7-16H2,1-6H3/t17-,18-,21+,22-,23+,24+,25-,26-,27+,28+,29+,30-,31+/m1/s1. The zero-order valence-electron chi connectivity index (χ0n) is 23.9. The summed E-state index contributed by atoms with van der Waals surface area (Å²) in [6, 6.07) is 0. The summed E-state index contributed by atoms with van der Waals surface area (Å²) in [5.74, 6) is 3.14. The summed E-state index contributed by atoms with van der Waals surface area (Å²) in [6.45, 7) is 13.1. The number of aliphatic hydroxyl groups is 1. The van der Waals surface area contributed by atoms with Crippen molar-refractivity contribution in [1.82, 2.24) is 0 Å². The van der Waals surface area contributed by atoms with Crippen molar-refractivity contribution in [3.8, 4) is 0 Å². The minimum absolute atomic E-state index is 0.0775. The van der Waals surface area contributed by atoms with E-state index < -0.39 is 0 Å². The largest absolute Gasteiger partial charge is 0.466 e. The van der Waals surface area contributed by atoms with Crippen molar-refractivity contribution < 1.29 is 28.9 Å². The summed E-state index contributed by atoms with van der Waals surface area (Å²) in [6.07, 6.45) is 9.55. The topological polar surface area (TPSA) is 82.1 Å². The molecule has 0 radical (unpaired) electrons. The molecule has 1 aliphatic heterocycles. The molecule has 210 valence electrons. The van der Waals surface area contributed by atoms with Crippen molar-refractivity contribution >= 4 is 11.9 Å². The third-order valence-electron chi connectivity index (χ3n) is 12.0. The quantitative estimate of drug-likeness (QED) is 0.465. The lowest BCUT2D eigenvalue weighted by Gasteiger charge is -2.62. The van der Waals surface area contributed by atoms with Gasteiger partial charge in [-0.15, -0.1) is 0 Å². The smallest absolute Gasteiger partial charge is 0.302 e. The summed E-state index contributed by atoms with van der Waals surface area (Å²) >= 11 is 0. The zero-order chi connectivity index (χ0) is 26.7. The van der Waals surface area contributed by atoms with Gasteiger partial charge in [0, 0.05) is 19.8 Å². The van der Waals surface area contributed by atoms with Crippen LogP contribution in [0.4, 0.5) is 0 Å². The molecule has 37 heavy (non-hydrogen) atoms. The van der Waals surface area contributed by atoms with Crippen LogP contribution in [0, 0.1) is 52.3 Å². The third-order valence-corrected chi connectivity index (χ3v) is 12.0. The summed E-state index contributed by atoms with van der Waals surface area (Å²) in [5.41, 5.74) is 0.399. The molecule has 0 aromatic rings. The predicted octanol–water partition coefficient (Wildman–Crippen LogP) is 5.54. The van der Waals surface area contributed by atoms with Crippen LogP contribution in [0.15, 0.2) is 0 Å². The van der Waals surface area contributed by atoms with E-state index in [2.05, 4.69) is 27.7 Å². The Hall–Kier alpha value is -1.14. The molecule has 0 spiro atoms. The highest BCUT2D eigenvalue weighted by atomic mass is 16.5. The fourth-order valence-corrected chi connectivity index (χ4v) is 10.4. The second-order valence-electron chi connectivity index (χ2n) is 14.2. The van der Waals surface area contributed by atoms with E-state index in [0.29, 0.717) is 48.2 Å². The van der Waals surface area contributed by atoms with E-state index >= 15 is 0 Å². The van der Waals surface area contributed by atoms with Crippen LogP contribution in [-0.4, -0.2) is 48.1 Å². The van der Waals surface area contributed by atoms with Crippen molar-refractivity contribution in [2.45, 2.75) is 124 Å². The van der Waals surface area contributed by atoms with Gasteiger partial charge in [0.2, 0.25) is 0 Å². The van der Waals surface area contributed by atoms with Gasteiger partial charge in [-0.05, 0) is 104 Å². The molecular weight excluding hydrogens is 468 g/mol. The van der Waals surface area contributed by atoms with Crippen molar-refractivity contribution in [3.05, 3.63) is 0 Å². The molecular formula is C31H50O6. The van der Waals surface area contributed by atoms with Gasteiger partial charge in [-0.1, -0.05) is 27.7 Å². The average Bonchev–Trinajstić information content (AvgIpc) is 3.30. The molecule has 0 aromatic heterocycles. The van der Waals surface area contributed by atoms with E-state index in [0.717, 1.165) is 44.9 Å². The van der Waals surface area contributed by atoms with Crippen molar-refractivity contribution in [2.75, 3.05) is 6.61 Å². The van der Waals surface area contributed by atoms with E-state index in [9.17, 15) is 14.7 Å². The van der Waals surface area contributed by atoms with E-state index in [-0.39, 0.29) is 47.0 Å². The first-order valence-electron chi connectivity index (χ1n) is 15.1. The molecule has 5 aliphatic rings. The maximum absolute atomic E-state index is 12.1. The molecule has 0 amide bonds. The lowest BCUT2D eigenvalue weighted by Crippen LogP contribution is -2.59. The van der Waals surface area contributed by atoms with Gasteiger partial charge in [0.1, 0.15) is 6.10 Å². The summed E-state index contributed by atoms with van der Waals surface area (Å²) < 4.78 is 18.1. The molecule has 4 saturated carbocycles. The fourth-order valence-electron chi connectivity index (χ4n) is 10.4. The van der Waals surface area contributed by atoms with Gasteiger partial charge in [-0.25, -0.2) is 0 Å². The summed E-state index contributed by atoms with van der Waals surface area (Å²) in [4.78, 5) is 23.3. The zero-order valence-corrected chi connectivity index (χ0v) is 23.9. The van der Waals surface area contributed by atoms with Crippen LogP contribution < -0.4 is 0 Å². The Kier molecular flexibility index (Phi) is 7.50. The van der Waals surface area contributed by atoms with Crippen molar-refractivity contribution in [3.63, 3.8) is 0 Å². The van der Waals surface area contributed by atoms with Gasteiger partial charge in [0.05, 0.1) is 24.9 Å². The summed E-state index contributed by atoms with van der Waals surface area (Å²) in [7, 11) is 0. The van der Waals surface area contributed by atoms with Crippen LogP contribution in [0.3, 0.4) is 0 Å². The Labute approximate surface area is 223 Å². The molecule has 13 atom stereocenters. The van der Waals surface area contributed by atoms with Crippen LogP contribution in [0.1, 0.15) is 99.3 Å². The lowest BCUT2D eigenvalue weighted by molar-refractivity contribution is -0.192. The van der Waals surface area contributed by atoms with Crippen LogP contribution >= 0.6 is 0 Å². The Morgan fingerprint density at radius 2 is 1.73 bits per heavy atom. The van der Waals surface area contributed by atoms with Crippen LogP contribution in [-0.2, 0) is 23.8 Å². The highest BCUT2D eigenvalue weighted by Crippen LogP contribution is 2.70. The number of esters is 2. The molecule has 6 heteroatoms. The Bertz CT molecular complexity index is 874. The molecule has 1 heterocycles. The minimum atomic E-state index is -0.268. The maximum atomic E-state index is 12.1. The van der Waals surface area contributed by atoms with Crippen LogP contribution in [0.25, 0.3) is 0 Å². The molecule has 1 N–H and O–H groups in total. The number of ether oxygens (including phenoxy) is 3. The van der Waals surface area contributed by atoms with E-state index in [4.69, 9.17) is 14.2 Å². The first-order chi connectivity index (χ1) is 17.4. The van der Waals surface area contributed by atoms with Gasteiger partial charge in [-0.3, -0.25) is 9.59 Å². The van der Waals surface area contributed by atoms with Crippen LogP contribution in [0.2, 0.25) is 0 Å². The Balaban J connectivity index is 1.31. The first-order valence-corrected chi connectivity index (χ1v) is 15.1. The number of carbonyl (C=O) groups is 2. The van der Waals surface area contributed by atoms with Gasteiger partial charge in [-0.2, -0.15) is 0 Å². The highest BCUT2D eigenvalue weighted by molar-refractivity contribution is 5.66. The first kappa shape index (κ1) is 27.4. The van der Waals surface area contributed by atoms with Crippen molar-refractivity contribution in [2.24, 2.45) is 52.3 Å². The second kappa shape index (κ2) is 10.1. The molecule has 0 bridgehead atoms. The number of rotatable bonds is 6. The van der Waals surface area contributed by atoms with Gasteiger partial charge >= 0.3 is 11.9 Å². The van der Waals surface area contributed by atoms with Gasteiger partial charge < -0.3 is 19.3 Å². The molecule has 5 rings (SSSR count). The fraction of sp³-hybridized carbons (Fsp3) is 0.935. The third kappa shape index (κ3) is 4.77. The SMILES string of the molecule is CC(=O)OC[C@H](C)CC[C@H]1O[C@H]2C[C@H]3[C@@H]4C[C@H](OC(C)=O)[C@H]5C[C@@H](O)CC[C@]5(C)[C@H]4CC[C@]3(C)[C@H]2[C@@H]1C. The van der Waals surface area contributed by atoms with Crippen LogP contribution in [0.5, 0.6) is 0 Å². The molecule has 1 saturated heterocycles. The number of hydrogen-bond donors (Lipinski definition) is 1. The number of carbonyl (C=O) groups excluding carboxylic acids is 2. The molecule has 0 unspecified atom stereocenters. The number of hydrogen-bond acceptors (Lipinski definition) is 6. The number of aliphatic hydroxyl groups excluding tert-OH is 1. The maximum Gasteiger partial charge on any atom is 0.302 e. The highest BCUT2D eigenvalue weighted by Gasteiger charge is 2.67. The molecule has 0 aromatic carbocycles. The second-order valence-corrected chi connectivity index (χ2v) is 14.2. The predicted molar refractivity (Wildman–Crippen MR) is 140 cm³/mol. The minimum Gasteiger partial charge on any atom is -0.466 e. The lowest BCUT2D eigenvalue weighted by atomic mass is 9.43. The van der Waals surface area contributed by atoms with E-state index in [1.54, 1.807) is 0 Å². The van der Waals surface area contributed by atoms with Gasteiger partial charge in [0.25, 0.3) is 0 Å². The van der Waals surface area contributed by atoms with Gasteiger partial charge in [0.15, 0.2) is 0 Å². The normalized spacial score (nSPS) is 49.3. The molecule has 4 aliphatic carbocycles.